The van der Waals surface area contributed by atoms with E-state index in [2.05, 4.69) is 25.8 Å². The molecule has 0 bridgehead atoms. The lowest BCUT2D eigenvalue weighted by atomic mass is 9.91. The van der Waals surface area contributed by atoms with E-state index < -0.39 is 0 Å². The minimum absolute atomic E-state index is 0.194. The summed E-state index contributed by atoms with van der Waals surface area (Å²) in [5.74, 6) is 1.17. The SMILES string of the molecule is Cc1cncc(NC(=O)N[C@H](c2nc(C)no2)C2CCOCC2)c1. The highest BCUT2D eigenvalue weighted by Crippen LogP contribution is 2.29. The molecule has 0 saturated carbocycles. The predicted octanol–water partition coefficient (Wildman–Crippen LogP) is 2.37. The molecule has 24 heavy (non-hydrogen) atoms. The third-order valence-corrected chi connectivity index (χ3v) is 3.97. The van der Waals surface area contributed by atoms with E-state index >= 15 is 0 Å². The van der Waals surface area contributed by atoms with Crippen LogP contribution in [0.3, 0.4) is 0 Å². The number of aromatic nitrogens is 3. The smallest absolute Gasteiger partial charge is 0.319 e. The first-order valence-electron chi connectivity index (χ1n) is 7.99. The standard InChI is InChI=1S/C16H21N5O3/c1-10-7-13(9-17-8-10)19-16(22)20-14(12-3-5-23-6-4-12)15-18-11(2)21-24-15/h7-9,12,14H,3-6H2,1-2H3,(H2,19,20,22)/t14-/m0/s1. The average molecular weight is 331 g/mol. The number of ether oxygens (including phenoxy) is 1. The Hall–Kier alpha value is -2.48. The van der Waals surface area contributed by atoms with Crippen LogP contribution in [0.15, 0.2) is 23.0 Å². The van der Waals surface area contributed by atoms with Crippen molar-refractivity contribution in [3.05, 3.63) is 35.7 Å². The maximum Gasteiger partial charge on any atom is 0.319 e. The number of carbonyl (C=O) groups excluding carboxylic acids is 1. The molecule has 0 radical (unpaired) electrons. The Labute approximate surface area is 140 Å². The Balaban J connectivity index is 1.72. The van der Waals surface area contributed by atoms with Gasteiger partial charge < -0.3 is 19.9 Å². The van der Waals surface area contributed by atoms with Crippen molar-refractivity contribution in [3.8, 4) is 0 Å². The Morgan fingerprint density at radius 1 is 1.29 bits per heavy atom. The van der Waals surface area contributed by atoms with Gasteiger partial charge in [0.15, 0.2) is 5.82 Å². The van der Waals surface area contributed by atoms with Crippen molar-refractivity contribution in [2.45, 2.75) is 32.7 Å². The van der Waals surface area contributed by atoms with Crippen LogP contribution in [0.25, 0.3) is 0 Å². The molecule has 1 aliphatic heterocycles. The van der Waals surface area contributed by atoms with Gasteiger partial charge >= 0.3 is 6.03 Å². The number of aryl methyl sites for hydroxylation is 2. The van der Waals surface area contributed by atoms with E-state index in [1.54, 1.807) is 19.3 Å². The summed E-state index contributed by atoms with van der Waals surface area (Å²) in [5, 5.41) is 9.59. The van der Waals surface area contributed by atoms with Crippen molar-refractivity contribution in [2.24, 2.45) is 5.92 Å². The third kappa shape index (κ3) is 4.08. The number of pyridine rings is 1. The van der Waals surface area contributed by atoms with Gasteiger partial charge in [-0.05, 0) is 44.2 Å². The van der Waals surface area contributed by atoms with Crippen molar-refractivity contribution in [1.82, 2.24) is 20.4 Å². The monoisotopic (exact) mass is 331 g/mol. The summed E-state index contributed by atoms with van der Waals surface area (Å²) >= 11 is 0. The summed E-state index contributed by atoms with van der Waals surface area (Å²) in [7, 11) is 0. The molecule has 1 fully saturated rings. The maximum atomic E-state index is 12.4. The number of urea groups is 1. The van der Waals surface area contributed by atoms with Gasteiger partial charge in [0, 0.05) is 19.4 Å². The molecule has 1 atom stereocenters. The molecule has 2 aromatic heterocycles. The number of hydrogen-bond acceptors (Lipinski definition) is 6. The third-order valence-electron chi connectivity index (χ3n) is 3.97. The van der Waals surface area contributed by atoms with E-state index in [-0.39, 0.29) is 18.0 Å². The summed E-state index contributed by atoms with van der Waals surface area (Å²) in [6.45, 7) is 5.01. The number of amides is 2. The van der Waals surface area contributed by atoms with Crippen molar-refractivity contribution in [2.75, 3.05) is 18.5 Å². The molecule has 0 aliphatic carbocycles. The van der Waals surface area contributed by atoms with Gasteiger partial charge in [-0.3, -0.25) is 4.98 Å². The molecular weight excluding hydrogens is 310 g/mol. The predicted molar refractivity (Wildman–Crippen MR) is 86.4 cm³/mol. The molecule has 1 saturated heterocycles. The second-order valence-corrected chi connectivity index (χ2v) is 5.96. The normalized spacial score (nSPS) is 16.6. The second kappa shape index (κ2) is 7.39. The molecule has 3 heterocycles. The fourth-order valence-electron chi connectivity index (χ4n) is 2.80. The number of hydrogen-bond donors (Lipinski definition) is 2. The zero-order valence-corrected chi connectivity index (χ0v) is 13.8. The van der Waals surface area contributed by atoms with Gasteiger partial charge in [-0.15, -0.1) is 0 Å². The summed E-state index contributed by atoms with van der Waals surface area (Å²) < 4.78 is 10.7. The van der Waals surface area contributed by atoms with Crippen LogP contribution in [-0.4, -0.2) is 34.4 Å². The Morgan fingerprint density at radius 2 is 2.08 bits per heavy atom. The van der Waals surface area contributed by atoms with E-state index in [1.165, 1.54) is 0 Å². The molecule has 8 heteroatoms. The Kier molecular flexibility index (Phi) is 5.05. The molecule has 128 valence electrons. The van der Waals surface area contributed by atoms with E-state index in [0.717, 1.165) is 18.4 Å². The van der Waals surface area contributed by atoms with E-state index in [9.17, 15) is 4.79 Å². The van der Waals surface area contributed by atoms with Gasteiger partial charge in [-0.1, -0.05) is 5.16 Å². The van der Waals surface area contributed by atoms with E-state index in [1.807, 2.05) is 13.0 Å². The molecule has 1 aliphatic rings. The van der Waals surface area contributed by atoms with Crippen LogP contribution in [0, 0.1) is 19.8 Å². The molecule has 0 aromatic carbocycles. The molecule has 0 spiro atoms. The molecule has 0 unspecified atom stereocenters. The van der Waals surface area contributed by atoms with Crippen molar-refractivity contribution >= 4 is 11.7 Å². The van der Waals surface area contributed by atoms with Gasteiger partial charge in [-0.25, -0.2) is 4.79 Å². The fraction of sp³-hybridized carbons (Fsp3) is 0.500. The summed E-state index contributed by atoms with van der Waals surface area (Å²) in [5.41, 5.74) is 1.61. The van der Waals surface area contributed by atoms with Gasteiger partial charge in [0.05, 0.1) is 11.9 Å². The Morgan fingerprint density at radius 3 is 2.75 bits per heavy atom. The highest BCUT2D eigenvalue weighted by atomic mass is 16.5. The second-order valence-electron chi connectivity index (χ2n) is 5.96. The van der Waals surface area contributed by atoms with Crippen molar-refractivity contribution < 1.29 is 14.1 Å². The van der Waals surface area contributed by atoms with Crippen LogP contribution in [0.5, 0.6) is 0 Å². The lowest BCUT2D eigenvalue weighted by molar-refractivity contribution is 0.0506. The quantitative estimate of drug-likeness (QED) is 0.892. The van der Waals surface area contributed by atoms with E-state index in [0.29, 0.717) is 30.6 Å². The van der Waals surface area contributed by atoms with Crippen molar-refractivity contribution in [1.29, 1.82) is 0 Å². The van der Waals surface area contributed by atoms with Gasteiger partial charge in [-0.2, -0.15) is 4.98 Å². The summed E-state index contributed by atoms with van der Waals surface area (Å²) in [6.07, 6.45) is 5.00. The topological polar surface area (TPSA) is 102 Å². The average Bonchev–Trinajstić information content (AvgIpc) is 3.00. The van der Waals surface area contributed by atoms with Gasteiger partial charge in [0.1, 0.15) is 6.04 Å². The number of rotatable bonds is 4. The zero-order chi connectivity index (χ0) is 16.9. The van der Waals surface area contributed by atoms with Gasteiger partial charge in [0.2, 0.25) is 5.89 Å². The number of nitrogens with one attached hydrogen (secondary N) is 2. The first-order chi connectivity index (χ1) is 11.6. The molecule has 2 amide bonds. The summed E-state index contributed by atoms with van der Waals surface area (Å²) in [4.78, 5) is 20.7. The van der Waals surface area contributed by atoms with Crippen LogP contribution in [-0.2, 0) is 4.74 Å². The highest BCUT2D eigenvalue weighted by molar-refractivity contribution is 5.89. The summed E-state index contributed by atoms with van der Waals surface area (Å²) in [6, 6.07) is 1.19. The first-order valence-corrected chi connectivity index (χ1v) is 7.99. The van der Waals surface area contributed by atoms with Gasteiger partial charge in [0.25, 0.3) is 0 Å². The Bertz CT molecular complexity index is 697. The largest absolute Gasteiger partial charge is 0.381 e. The van der Waals surface area contributed by atoms with Crippen molar-refractivity contribution in [3.63, 3.8) is 0 Å². The van der Waals surface area contributed by atoms with Crippen LogP contribution >= 0.6 is 0 Å². The lowest BCUT2D eigenvalue weighted by Gasteiger charge is -2.28. The zero-order valence-electron chi connectivity index (χ0n) is 13.8. The number of nitrogens with zero attached hydrogens (tertiary/aromatic N) is 3. The van der Waals surface area contributed by atoms with Crippen LogP contribution in [0.1, 0.15) is 36.2 Å². The first kappa shape index (κ1) is 16.4. The molecule has 3 rings (SSSR count). The van der Waals surface area contributed by atoms with Crippen LogP contribution in [0.4, 0.5) is 10.5 Å². The highest BCUT2D eigenvalue weighted by Gasteiger charge is 2.31. The minimum atomic E-state index is -0.340. The molecule has 2 N–H and O–H groups in total. The minimum Gasteiger partial charge on any atom is -0.381 e. The number of anilines is 1. The van der Waals surface area contributed by atoms with Crippen LogP contribution in [0.2, 0.25) is 0 Å². The lowest BCUT2D eigenvalue weighted by Crippen LogP contribution is -2.38. The van der Waals surface area contributed by atoms with E-state index in [4.69, 9.17) is 9.26 Å². The molecule has 2 aromatic rings. The molecule has 8 nitrogen and oxygen atoms in total. The number of carbonyl (C=O) groups is 1. The fourth-order valence-corrected chi connectivity index (χ4v) is 2.80. The maximum absolute atomic E-state index is 12.4. The van der Waals surface area contributed by atoms with Crippen LogP contribution < -0.4 is 10.6 Å². The molecular formula is C16H21N5O3.